The first-order chi connectivity index (χ1) is 7.94. The van der Waals surface area contributed by atoms with Crippen molar-refractivity contribution in [3.05, 3.63) is 24.3 Å². The molecule has 0 unspecified atom stereocenters. The van der Waals surface area contributed by atoms with E-state index in [9.17, 15) is 8.42 Å². The van der Waals surface area contributed by atoms with Crippen LogP contribution in [-0.4, -0.2) is 32.4 Å². The van der Waals surface area contributed by atoms with Gasteiger partial charge in [0, 0.05) is 4.90 Å². The Morgan fingerprint density at radius 1 is 1.29 bits per heavy atom. The van der Waals surface area contributed by atoms with E-state index in [1.807, 2.05) is 24.3 Å². The molecule has 0 bridgehead atoms. The van der Waals surface area contributed by atoms with E-state index in [1.54, 1.807) is 13.4 Å². The molecule has 0 amide bonds. The second-order valence-electron chi connectivity index (χ2n) is 3.07. The largest absolute Gasteiger partial charge is 0.497 e. The molecule has 0 saturated heterocycles. The molecule has 17 heavy (non-hydrogen) atoms. The van der Waals surface area contributed by atoms with Crippen LogP contribution in [0.1, 0.15) is 0 Å². The number of benzene rings is 1. The van der Waals surface area contributed by atoms with E-state index in [1.165, 1.54) is 23.5 Å². The highest BCUT2D eigenvalue weighted by molar-refractivity contribution is 8.39. The maximum Gasteiger partial charge on any atom is 0.251 e. The number of hydrogen-bond acceptors (Lipinski definition) is 5. The lowest BCUT2D eigenvalue weighted by Gasteiger charge is -2.03. The Bertz CT molecular complexity index is 494. The molecule has 0 aromatic heterocycles. The van der Waals surface area contributed by atoms with E-state index in [0.717, 1.165) is 16.9 Å². The Labute approximate surface area is 110 Å². The molecular formula is C10H13NO3S3. The average molecular weight is 291 g/mol. The molecule has 0 N–H and O–H groups in total. The predicted molar refractivity (Wildman–Crippen MR) is 74.6 cm³/mol. The van der Waals surface area contributed by atoms with Gasteiger partial charge >= 0.3 is 0 Å². The Balaban J connectivity index is 2.84. The molecule has 1 rings (SSSR count). The van der Waals surface area contributed by atoms with Gasteiger partial charge in [0.25, 0.3) is 10.0 Å². The summed E-state index contributed by atoms with van der Waals surface area (Å²) < 4.78 is 31.3. The first kappa shape index (κ1) is 14.4. The van der Waals surface area contributed by atoms with Crippen LogP contribution in [-0.2, 0) is 10.0 Å². The standard InChI is InChI=1S/C10H13NO3S3/c1-14-8-4-6-9(7-5-8)16-10(15-2)11-17(3,12)13/h4-7H,1-3H3/b11-10+. The zero-order valence-electron chi connectivity index (χ0n) is 9.71. The maximum atomic E-state index is 11.1. The summed E-state index contributed by atoms with van der Waals surface area (Å²) in [7, 11) is -1.75. The summed E-state index contributed by atoms with van der Waals surface area (Å²) in [6.45, 7) is 0. The van der Waals surface area contributed by atoms with Gasteiger partial charge in [-0.15, -0.1) is 16.2 Å². The van der Waals surface area contributed by atoms with Crippen molar-refractivity contribution in [3.8, 4) is 5.75 Å². The van der Waals surface area contributed by atoms with Gasteiger partial charge in [-0.3, -0.25) is 0 Å². The summed E-state index contributed by atoms with van der Waals surface area (Å²) >= 11 is 2.62. The van der Waals surface area contributed by atoms with Crippen molar-refractivity contribution in [1.82, 2.24) is 0 Å². The quantitative estimate of drug-likeness (QED) is 0.486. The van der Waals surface area contributed by atoms with Crippen LogP contribution in [0.3, 0.4) is 0 Å². The van der Waals surface area contributed by atoms with Gasteiger partial charge in [0.2, 0.25) is 0 Å². The van der Waals surface area contributed by atoms with E-state index in [0.29, 0.717) is 4.38 Å². The molecule has 1 aromatic carbocycles. The number of hydrogen-bond donors (Lipinski definition) is 0. The van der Waals surface area contributed by atoms with Crippen molar-refractivity contribution >= 4 is 37.9 Å². The van der Waals surface area contributed by atoms with Gasteiger partial charge in [0.1, 0.15) is 10.1 Å². The zero-order valence-corrected chi connectivity index (χ0v) is 12.2. The number of sulfonamides is 1. The van der Waals surface area contributed by atoms with Crippen LogP contribution in [0.5, 0.6) is 5.75 Å². The van der Waals surface area contributed by atoms with Crippen molar-refractivity contribution in [2.75, 3.05) is 19.6 Å². The van der Waals surface area contributed by atoms with E-state index < -0.39 is 10.0 Å². The summed E-state index contributed by atoms with van der Waals surface area (Å²) in [6, 6.07) is 7.36. The van der Waals surface area contributed by atoms with E-state index >= 15 is 0 Å². The highest BCUT2D eigenvalue weighted by Crippen LogP contribution is 2.27. The third kappa shape index (κ3) is 5.47. The van der Waals surface area contributed by atoms with Gasteiger partial charge in [-0.1, -0.05) is 11.8 Å². The first-order valence-electron chi connectivity index (χ1n) is 4.60. The van der Waals surface area contributed by atoms with Crippen molar-refractivity contribution in [3.63, 3.8) is 0 Å². The lowest BCUT2D eigenvalue weighted by molar-refractivity contribution is 0.414. The number of nitrogens with zero attached hydrogens (tertiary/aromatic N) is 1. The molecule has 94 valence electrons. The van der Waals surface area contributed by atoms with Gasteiger partial charge in [0.15, 0.2) is 0 Å². The van der Waals surface area contributed by atoms with Crippen LogP contribution in [0.4, 0.5) is 0 Å². The monoisotopic (exact) mass is 291 g/mol. The fourth-order valence-electron chi connectivity index (χ4n) is 0.978. The molecule has 0 atom stereocenters. The molecule has 0 aliphatic heterocycles. The van der Waals surface area contributed by atoms with Crippen molar-refractivity contribution < 1.29 is 13.2 Å². The van der Waals surface area contributed by atoms with Crippen LogP contribution >= 0.6 is 23.5 Å². The number of methoxy groups -OCH3 is 1. The van der Waals surface area contributed by atoms with Crippen LogP contribution < -0.4 is 4.74 Å². The van der Waals surface area contributed by atoms with E-state index in [4.69, 9.17) is 4.74 Å². The SMILES string of the molecule is COc1ccc(S/C(=N/S(C)(=O)=O)SC)cc1. The zero-order chi connectivity index (χ0) is 12.9. The van der Waals surface area contributed by atoms with Gasteiger partial charge in [-0.2, -0.15) is 0 Å². The minimum absolute atomic E-state index is 0.498. The summed E-state index contributed by atoms with van der Waals surface area (Å²) in [5.41, 5.74) is 0. The van der Waals surface area contributed by atoms with Crippen LogP contribution in [0.2, 0.25) is 0 Å². The summed E-state index contributed by atoms with van der Waals surface area (Å²) in [4.78, 5) is 0.919. The fraction of sp³-hybridized carbons (Fsp3) is 0.300. The Hall–Kier alpha value is -0.660. The highest BCUT2D eigenvalue weighted by atomic mass is 32.2. The Kier molecular flexibility index (Phi) is 5.35. The number of thioether (sulfide) groups is 2. The van der Waals surface area contributed by atoms with Gasteiger partial charge in [-0.25, -0.2) is 8.42 Å². The second kappa shape index (κ2) is 6.32. The van der Waals surface area contributed by atoms with Crippen molar-refractivity contribution in [2.24, 2.45) is 4.40 Å². The second-order valence-corrected chi connectivity index (χ2v) is 6.84. The summed E-state index contributed by atoms with van der Waals surface area (Å²) in [5.74, 6) is 0.764. The van der Waals surface area contributed by atoms with Crippen LogP contribution in [0, 0.1) is 0 Å². The third-order valence-corrected chi connectivity index (χ3v) is 4.39. The lowest BCUT2D eigenvalue weighted by atomic mass is 10.3. The van der Waals surface area contributed by atoms with Gasteiger partial charge in [0.05, 0.1) is 13.4 Å². The molecule has 0 aliphatic carbocycles. The lowest BCUT2D eigenvalue weighted by Crippen LogP contribution is -1.95. The summed E-state index contributed by atoms with van der Waals surface area (Å²) in [6.07, 6.45) is 2.87. The molecule has 0 radical (unpaired) electrons. The smallest absolute Gasteiger partial charge is 0.251 e. The van der Waals surface area contributed by atoms with E-state index in [-0.39, 0.29) is 0 Å². The van der Waals surface area contributed by atoms with Crippen LogP contribution in [0.15, 0.2) is 33.6 Å². The predicted octanol–water partition coefficient (Wildman–Crippen LogP) is 2.47. The molecule has 1 aromatic rings. The number of rotatable bonds is 3. The molecule has 0 spiro atoms. The minimum Gasteiger partial charge on any atom is -0.497 e. The molecule has 7 heteroatoms. The minimum atomic E-state index is -3.35. The molecule has 0 aliphatic rings. The van der Waals surface area contributed by atoms with Crippen molar-refractivity contribution in [2.45, 2.75) is 4.90 Å². The Morgan fingerprint density at radius 3 is 2.29 bits per heavy atom. The maximum absolute atomic E-state index is 11.1. The Morgan fingerprint density at radius 2 is 1.88 bits per heavy atom. The molecular weight excluding hydrogens is 278 g/mol. The summed E-state index contributed by atoms with van der Waals surface area (Å²) in [5, 5.41) is 0. The molecule has 0 fully saturated rings. The van der Waals surface area contributed by atoms with Crippen LogP contribution in [0.25, 0.3) is 0 Å². The van der Waals surface area contributed by atoms with Gasteiger partial charge in [-0.05, 0) is 30.5 Å². The normalized spacial score (nSPS) is 12.5. The molecule has 0 saturated carbocycles. The molecule has 0 heterocycles. The molecule has 4 nitrogen and oxygen atoms in total. The topological polar surface area (TPSA) is 55.7 Å². The fourth-order valence-corrected chi connectivity index (χ4v) is 3.60. The first-order valence-corrected chi connectivity index (χ1v) is 8.49. The third-order valence-electron chi connectivity index (χ3n) is 1.68. The number of ether oxygens (including phenoxy) is 1. The van der Waals surface area contributed by atoms with E-state index in [2.05, 4.69) is 4.40 Å². The van der Waals surface area contributed by atoms with Crippen molar-refractivity contribution in [1.29, 1.82) is 0 Å². The average Bonchev–Trinajstić information content (AvgIpc) is 2.27. The highest BCUT2D eigenvalue weighted by Gasteiger charge is 2.06. The van der Waals surface area contributed by atoms with Gasteiger partial charge < -0.3 is 4.74 Å².